The Hall–Kier alpha value is -2.86. The third-order valence-electron chi connectivity index (χ3n) is 3.51. The fourth-order valence-corrected chi connectivity index (χ4v) is 2.40. The van der Waals surface area contributed by atoms with Crippen LogP contribution < -0.4 is 15.4 Å². The Bertz CT molecular complexity index is 854. The molecule has 0 atom stereocenters. The van der Waals surface area contributed by atoms with Crippen molar-refractivity contribution >= 4 is 34.7 Å². The van der Waals surface area contributed by atoms with Gasteiger partial charge in [0.15, 0.2) is 5.82 Å². The monoisotopic (exact) mass is 355 g/mol. The zero-order valence-electron chi connectivity index (χ0n) is 14.0. The van der Waals surface area contributed by atoms with Gasteiger partial charge >= 0.3 is 0 Å². The van der Waals surface area contributed by atoms with Crippen molar-refractivity contribution in [2.45, 2.75) is 13.8 Å². The number of anilines is 4. The molecule has 0 aliphatic carbocycles. The van der Waals surface area contributed by atoms with Gasteiger partial charge in [0.2, 0.25) is 5.95 Å². The van der Waals surface area contributed by atoms with Crippen molar-refractivity contribution in [3.05, 3.63) is 59.2 Å². The molecule has 0 unspecified atom stereocenters. The summed E-state index contributed by atoms with van der Waals surface area (Å²) in [6.07, 6.45) is 1.56. The Morgan fingerprint density at radius 1 is 1.08 bits per heavy atom. The van der Waals surface area contributed by atoms with Crippen LogP contribution in [0.15, 0.2) is 48.7 Å². The molecule has 2 N–H and O–H groups in total. The SMILES string of the molecule is CCOc1ccc(Nc2cnnc(Nc3cccc(Cl)c3C)n2)cc1. The molecule has 0 aliphatic rings. The van der Waals surface area contributed by atoms with Crippen molar-refractivity contribution in [2.24, 2.45) is 0 Å². The van der Waals surface area contributed by atoms with Gasteiger partial charge in [-0.05, 0) is 55.8 Å². The Labute approximate surface area is 151 Å². The summed E-state index contributed by atoms with van der Waals surface area (Å²) < 4.78 is 5.43. The van der Waals surface area contributed by atoms with Crippen LogP contribution >= 0.6 is 11.6 Å². The molecule has 25 heavy (non-hydrogen) atoms. The first kappa shape index (κ1) is 17.0. The van der Waals surface area contributed by atoms with Crippen molar-refractivity contribution in [1.29, 1.82) is 0 Å². The standard InChI is InChI=1S/C18H18ClN5O/c1-3-25-14-9-7-13(8-10-14)21-17-11-20-24-18(23-17)22-16-6-4-5-15(19)12(16)2/h4-11H,3H2,1-2H3,(H2,21,22,23,24). The first-order valence-corrected chi connectivity index (χ1v) is 8.25. The quantitative estimate of drug-likeness (QED) is 0.666. The molecule has 1 heterocycles. The van der Waals surface area contributed by atoms with Crippen LogP contribution in [0, 0.1) is 6.92 Å². The lowest BCUT2D eigenvalue weighted by Crippen LogP contribution is -2.03. The molecule has 3 aromatic rings. The maximum Gasteiger partial charge on any atom is 0.249 e. The maximum absolute atomic E-state index is 6.13. The number of nitrogens with one attached hydrogen (secondary N) is 2. The number of halogens is 1. The molecule has 0 bridgehead atoms. The molecule has 128 valence electrons. The minimum absolute atomic E-state index is 0.390. The van der Waals surface area contributed by atoms with E-state index in [9.17, 15) is 0 Å². The van der Waals surface area contributed by atoms with E-state index in [1.807, 2.05) is 56.3 Å². The van der Waals surface area contributed by atoms with E-state index in [0.29, 0.717) is 23.4 Å². The number of hydrogen-bond acceptors (Lipinski definition) is 6. The lowest BCUT2D eigenvalue weighted by Gasteiger charge is -2.10. The van der Waals surface area contributed by atoms with Crippen LogP contribution in [-0.2, 0) is 0 Å². The first-order valence-electron chi connectivity index (χ1n) is 7.87. The van der Waals surface area contributed by atoms with Gasteiger partial charge in [-0.15, -0.1) is 5.10 Å². The van der Waals surface area contributed by atoms with Gasteiger partial charge in [0.25, 0.3) is 0 Å². The molecule has 7 heteroatoms. The van der Waals surface area contributed by atoms with E-state index < -0.39 is 0 Å². The molecule has 3 rings (SSSR count). The maximum atomic E-state index is 6.13. The summed E-state index contributed by atoms with van der Waals surface area (Å²) in [7, 11) is 0. The molecule has 0 saturated heterocycles. The van der Waals surface area contributed by atoms with Gasteiger partial charge in [-0.25, -0.2) is 0 Å². The predicted octanol–water partition coefficient (Wildman–Crippen LogP) is 4.72. The van der Waals surface area contributed by atoms with E-state index in [2.05, 4.69) is 25.8 Å². The highest BCUT2D eigenvalue weighted by Crippen LogP contribution is 2.25. The van der Waals surface area contributed by atoms with E-state index in [1.165, 1.54) is 0 Å². The summed E-state index contributed by atoms with van der Waals surface area (Å²) in [5, 5.41) is 15.0. The third kappa shape index (κ3) is 4.36. The Kier molecular flexibility index (Phi) is 5.30. The van der Waals surface area contributed by atoms with E-state index in [-0.39, 0.29) is 0 Å². The van der Waals surface area contributed by atoms with Crippen LogP contribution in [0.2, 0.25) is 5.02 Å². The lowest BCUT2D eigenvalue weighted by molar-refractivity contribution is 0.340. The number of benzene rings is 2. The summed E-state index contributed by atoms with van der Waals surface area (Å²) in [6.45, 7) is 4.52. The molecule has 1 aromatic heterocycles. The van der Waals surface area contributed by atoms with Crippen LogP contribution in [0.5, 0.6) is 5.75 Å². The second-order valence-corrected chi connectivity index (χ2v) is 5.69. The molecule has 0 radical (unpaired) electrons. The summed E-state index contributed by atoms with van der Waals surface area (Å²) in [5.74, 6) is 1.80. The highest BCUT2D eigenvalue weighted by molar-refractivity contribution is 6.31. The predicted molar refractivity (Wildman–Crippen MR) is 100 cm³/mol. The number of hydrogen-bond donors (Lipinski definition) is 2. The van der Waals surface area contributed by atoms with Crippen molar-refractivity contribution in [1.82, 2.24) is 15.2 Å². The normalized spacial score (nSPS) is 10.4. The van der Waals surface area contributed by atoms with Crippen molar-refractivity contribution in [3.8, 4) is 5.75 Å². The first-order chi connectivity index (χ1) is 12.2. The smallest absolute Gasteiger partial charge is 0.249 e. The fraction of sp³-hybridized carbons (Fsp3) is 0.167. The zero-order chi connectivity index (χ0) is 17.6. The molecular weight excluding hydrogens is 338 g/mol. The largest absolute Gasteiger partial charge is 0.494 e. The van der Waals surface area contributed by atoms with Crippen molar-refractivity contribution in [2.75, 3.05) is 17.2 Å². The molecule has 2 aromatic carbocycles. The highest BCUT2D eigenvalue weighted by Gasteiger charge is 2.06. The van der Waals surface area contributed by atoms with Crippen LogP contribution in [0.1, 0.15) is 12.5 Å². The number of ether oxygens (including phenoxy) is 1. The van der Waals surface area contributed by atoms with Gasteiger partial charge in [-0.1, -0.05) is 17.7 Å². The molecular formula is C18H18ClN5O. The molecule has 0 fully saturated rings. The molecule has 0 saturated carbocycles. The third-order valence-corrected chi connectivity index (χ3v) is 3.92. The Morgan fingerprint density at radius 2 is 1.88 bits per heavy atom. The van der Waals surface area contributed by atoms with Gasteiger partial charge in [0.05, 0.1) is 12.8 Å². The summed E-state index contributed by atoms with van der Waals surface area (Å²) in [5.41, 5.74) is 2.65. The van der Waals surface area contributed by atoms with Crippen molar-refractivity contribution in [3.63, 3.8) is 0 Å². The second-order valence-electron chi connectivity index (χ2n) is 5.29. The summed E-state index contributed by atoms with van der Waals surface area (Å²) in [6, 6.07) is 13.3. The number of aromatic nitrogens is 3. The Balaban J connectivity index is 1.74. The average molecular weight is 356 g/mol. The van der Waals surface area contributed by atoms with Crippen LogP contribution in [0.3, 0.4) is 0 Å². The van der Waals surface area contributed by atoms with Gasteiger partial charge in [0.1, 0.15) is 5.75 Å². The topological polar surface area (TPSA) is 72.0 Å². The molecule has 0 spiro atoms. The molecule has 0 aliphatic heterocycles. The van der Waals surface area contributed by atoms with Crippen molar-refractivity contribution < 1.29 is 4.74 Å². The van der Waals surface area contributed by atoms with E-state index in [1.54, 1.807) is 6.20 Å². The molecule has 6 nitrogen and oxygen atoms in total. The van der Waals surface area contributed by atoms with Gasteiger partial charge in [-0.3, -0.25) is 0 Å². The van der Waals surface area contributed by atoms with E-state index >= 15 is 0 Å². The zero-order valence-corrected chi connectivity index (χ0v) is 14.7. The van der Waals surface area contributed by atoms with E-state index in [4.69, 9.17) is 16.3 Å². The summed E-state index contributed by atoms with van der Waals surface area (Å²) in [4.78, 5) is 4.42. The van der Waals surface area contributed by atoms with Gasteiger partial charge in [0, 0.05) is 16.4 Å². The Morgan fingerprint density at radius 3 is 2.64 bits per heavy atom. The number of nitrogens with zero attached hydrogens (tertiary/aromatic N) is 3. The van der Waals surface area contributed by atoms with E-state index in [0.717, 1.165) is 22.7 Å². The second kappa shape index (κ2) is 7.81. The average Bonchev–Trinajstić information content (AvgIpc) is 2.61. The molecule has 0 amide bonds. The van der Waals surface area contributed by atoms with Crippen LogP contribution in [-0.4, -0.2) is 21.8 Å². The highest BCUT2D eigenvalue weighted by atomic mass is 35.5. The van der Waals surface area contributed by atoms with Crippen LogP contribution in [0.4, 0.5) is 23.1 Å². The van der Waals surface area contributed by atoms with Gasteiger partial charge < -0.3 is 15.4 Å². The lowest BCUT2D eigenvalue weighted by atomic mass is 10.2. The minimum atomic E-state index is 0.390. The number of rotatable bonds is 6. The minimum Gasteiger partial charge on any atom is -0.494 e. The fourth-order valence-electron chi connectivity index (χ4n) is 2.23. The summed E-state index contributed by atoms with van der Waals surface area (Å²) >= 11 is 6.13. The van der Waals surface area contributed by atoms with Gasteiger partial charge in [-0.2, -0.15) is 10.1 Å². The van der Waals surface area contributed by atoms with Crippen LogP contribution in [0.25, 0.3) is 0 Å².